The first-order chi connectivity index (χ1) is 11.5. The summed E-state index contributed by atoms with van der Waals surface area (Å²) in [6.45, 7) is -0.542. The maximum atomic E-state index is 12.0. The van der Waals surface area contributed by atoms with Crippen LogP contribution in [0.5, 0.6) is 0 Å². The number of hydrogen-bond acceptors (Lipinski definition) is 7. The van der Waals surface area contributed by atoms with Crippen molar-refractivity contribution in [3.63, 3.8) is 0 Å². The largest absolute Gasteiger partial charge is 0.480 e. The van der Waals surface area contributed by atoms with E-state index in [0.29, 0.717) is 12.8 Å². The average molecular weight is 337 g/mol. The van der Waals surface area contributed by atoms with Crippen LogP contribution in [-0.2, 0) is 16.1 Å². The van der Waals surface area contributed by atoms with Gasteiger partial charge in [0, 0.05) is 6.20 Å². The van der Waals surface area contributed by atoms with Crippen LogP contribution < -0.4 is 11.2 Å². The molecule has 0 spiro atoms. The number of aromatic amines is 1. The van der Waals surface area contributed by atoms with E-state index in [1.54, 1.807) is 0 Å². The molecule has 0 bridgehead atoms. The summed E-state index contributed by atoms with van der Waals surface area (Å²) in [5.74, 6) is -1.10. The number of nitrogens with zero attached hydrogens (tertiary/aromatic N) is 4. The van der Waals surface area contributed by atoms with Gasteiger partial charge in [-0.25, -0.2) is 9.48 Å². The van der Waals surface area contributed by atoms with Crippen molar-refractivity contribution in [2.24, 2.45) is 0 Å². The fourth-order valence-corrected chi connectivity index (χ4v) is 2.55. The third kappa shape index (κ3) is 3.12. The Morgan fingerprint density at radius 3 is 2.83 bits per heavy atom. The van der Waals surface area contributed by atoms with Crippen LogP contribution in [0.1, 0.15) is 19.1 Å². The van der Waals surface area contributed by atoms with Gasteiger partial charge in [0.2, 0.25) is 0 Å². The van der Waals surface area contributed by atoms with Gasteiger partial charge in [0.25, 0.3) is 5.56 Å². The Bertz CT molecular complexity index is 868. The van der Waals surface area contributed by atoms with Gasteiger partial charge < -0.3 is 14.9 Å². The number of hydrogen-bond donors (Lipinski definition) is 3. The predicted octanol–water partition coefficient (Wildman–Crippen LogP) is -1.45. The van der Waals surface area contributed by atoms with E-state index in [4.69, 9.17) is 14.9 Å². The molecule has 1 fully saturated rings. The Balaban J connectivity index is 1.96. The molecule has 2 atom stereocenters. The van der Waals surface area contributed by atoms with Crippen LogP contribution in [0.3, 0.4) is 0 Å². The van der Waals surface area contributed by atoms with Crippen molar-refractivity contribution in [1.29, 1.82) is 0 Å². The summed E-state index contributed by atoms with van der Waals surface area (Å²) >= 11 is 0. The molecule has 11 nitrogen and oxygen atoms in total. The Hall–Kier alpha value is -2.79. The zero-order valence-electron chi connectivity index (χ0n) is 12.5. The predicted molar refractivity (Wildman–Crippen MR) is 78.2 cm³/mol. The average Bonchev–Trinajstić information content (AvgIpc) is 3.16. The van der Waals surface area contributed by atoms with Gasteiger partial charge >= 0.3 is 11.7 Å². The van der Waals surface area contributed by atoms with Gasteiger partial charge in [-0.2, -0.15) is 0 Å². The molecule has 1 aliphatic rings. The molecule has 0 saturated carbocycles. The van der Waals surface area contributed by atoms with Crippen molar-refractivity contribution >= 4 is 5.97 Å². The van der Waals surface area contributed by atoms with E-state index in [1.165, 1.54) is 17.0 Å². The number of ether oxygens (including phenoxy) is 1. The van der Waals surface area contributed by atoms with Crippen molar-refractivity contribution in [1.82, 2.24) is 24.5 Å². The number of aliphatic hydroxyl groups excluding tert-OH is 1. The van der Waals surface area contributed by atoms with Crippen LogP contribution in [0.25, 0.3) is 11.3 Å². The molecule has 3 rings (SSSR count). The highest BCUT2D eigenvalue weighted by Gasteiger charge is 2.27. The first kappa shape index (κ1) is 16.1. The van der Waals surface area contributed by atoms with Crippen LogP contribution in [0.4, 0.5) is 0 Å². The minimum absolute atomic E-state index is 0.0716. The van der Waals surface area contributed by atoms with E-state index in [0.717, 1.165) is 4.68 Å². The number of aliphatic carboxylic acids is 1. The number of carbonyl (C=O) groups is 1. The summed E-state index contributed by atoms with van der Waals surface area (Å²) in [4.78, 5) is 36.9. The van der Waals surface area contributed by atoms with Gasteiger partial charge in [-0.15, -0.1) is 5.10 Å². The molecule has 1 aliphatic heterocycles. The van der Waals surface area contributed by atoms with Crippen molar-refractivity contribution in [3.8, 4) is 11.3 Å². The van der Waals surface area contributed by atoms with Gasteiger partial charge in [0.05, 0.1) is 24.5 Å². The molecule has 0 aliphatic carbocycles. The molecule has 0 aromatic carbocycles. The third-order valence-electron chi connectivity index (χ3n) is 3.68. The highest BCUT2D eigenvalue weighted by molar-refractivity contribution is 5.66. The maximum absolute atomic E-state index is 12.0. The number of aromatic nitrogens is 5. The lowest BCUT2D eigenvalue weighted by Crippen LogP contribution is -2.33. The minimum Gasteiger partial charge on any atom is -0.480 e. The SMILES string of the molecule is O=C(O)Cn1cc(-c2cn([C@H]3CC[C@@H](CO)O3)c(=O)[nH]c2=O)nn1. The minimum atomic E-state index is -1.10. The first-order valence-electron chi connectivity index (χ1n) is 7.22. The first-order valence-corrected chi connectivity index (χ1v) is 7.22. The van der Waals surface area contributed by atoms with Gasteiger partial charge in [-0.1, -0.05) is 5.21 Å². The summed E-state index contributed by atoms with van der Waals surface area (Å²) in [7, 11) is 0. The van der Waals surface area contributed by atoms with Crippen molar-refractivity contribution < 1.29 is 19.7 Å². The van der Waals surface area contributed by atoms with Crippen molar-refractivity contribution in [2.45, 2.75) is 31.7 Å². The number of rotatable bonds is 5. The summed E-state index contributed by atoms with van der Waals surface area (Å²) in [5, 5.41) is 25.2. The van der Waals surface area contributed by atoms with Gasteiger partial charge in [-0.3, -0.25) is 19.1 Å². The Morgan fingerprint density at radius 1 is 1.38 bits per heavy atom. The highest BCUT2D eigenvalue weighted by atomic mass is 16.5. The zero-order chi connectivity index (χ0) is 17.3. The number of carboxylic acids is 1. The normalized spacial score (nSPS) is 20.4. The summed E-state index contributed by atoms with van der Waals surface area (Å²) in [6, 6.07) is 0. The van der Waals surface area contributed by atoms with E-state index >= 15 is 0 Å². The molecule has 3 N–H and O–H groups in total. The van der Waals surface area contributed by atoms with Gasteiger partial charge in [0.15, 0.2) is 0 Å². The molecule has 24 heavy (non-hydrogen) atoms. The van der Waals surface area contributed by atoms with Crippen LogP contribution in [0.2, 0.25) is 0 Å². The summed E-state index contributed by atoms with van der Waals surface area (Å²) < 4.78 is 7.83. The van der Waals surface area contributed by atoms with E-state index in [9.17, 15) is 14.4 Å². The molecule has 2 aromatic heterocycles. The van der Waals surface area contributed by atoms with Crippen LogP contribution in [-0.4, -0.2) is 53.4 Å². The Morgan fingerprint density at radius 2 is 2.17 bits per heavy atom. The smallest absolute Gasteiger partial charge is 0.330 e. The number of nitrogens with one attached hydrogen (secondary N) is 1. The van der Waals surface area contributed by atoms with E-state index < -0.39 is 30.0 Å². The Labute approximate surface area is 134 Å². The van der Waals surface area contributed by atoms with Gasteiger partial charge in [0.1, 0.15) is 18.5 Å². The molecule has 0 radical (unpaired) electrons. The van der Waals surface area contributed by atoms with Crippen LogP contribution in [0.15, 0.2) is 22.0 Å². The number of aliphatic hydroxyl groups is 1. The topological polar surface area (TPSA) is 152 Å². The second-order valence-corrected chi connectivity index (χ2v) is 5.38. The Kier molecular flexibility index (Phi) is 4.27. The fraction of sp³-hybridized carbons (Fsp3) is 0.462. The lowest BCUT2D eigenvalue weighted by molar-refractivity contribution is -0.137. The van der Waals surface area contributed by atoms with Crippen LogP contribution >= 0.6 is 0 Å². The number of H-pyrrole nitrogens is 1. The second kappa shape index (κ2) is 6.37. The van der Waals surface area contributed by atoms with Crippen LogP contribution in [0, 0.1) is 0 Å². The standard InChI is InChI=1S/C13H15N5O6/c19-6-7-1-2-10(24-7)18-3-8(12(22)14-13(18)23)9-4-17(16-15-9)5-11(20)21/h3-4,7,10,19H,1-2,5-6H2,(H,20,21)(H,14,22,23)/t7-,10+/m0/s1. The molecular weight excluding hydrogens is 322 g/mol. The molecule has 0 unspecified atom stereocenters. The third-order valence-corrected chi connectivity index (χ3v) is 3.68. The van der Waals surface area contributed by atoms with E-state index in [1.807, 2.05) is 0 Å². The van der Waals surface area contributed by atoms with Gasteiger partial charge in [-0.05, 0) is 12.8 Å². The molecule has 128 valence electrons. The summed E-state index contributed by atoms with van der Waals surface area (Å²) in [6.07, 6.45) is 2.77. The maximum Gasteiger partial charge on any atom is 0.330 e. The molecule has 3 heterocycles. The lowest BCUT2D eigenvalue weighted by atomic mass is 10.2. The quantitative estimate of drug-likeness (QED) is 0.599. The van der Waals surface area contributed by atoms with E-state index in [2.05, 4.69) is 15.3 Å². The summed E-state index contributed by atoms with van der Waals surface area (Å²) in [5.41, 5.74) is -1.08. The fourth-order valence-electron chi connectivity index (χ4n) is 2.55. The number of carboxylic acid groups (broad SMARTS) is 1. The molecule has 0 amide bonds. The van der Waals surface area contributed by atoms with Crippen molar-refractivity contribution in [3.05, 3.63) is 33.2 Å². The molecule has 11 heteroatoms. The second-order valence-electron chi connectivity index (χ2n) is 5.38. The molecule has 1 saturated heterocycles. The highest BCUT2D eigenvalue weighted by Crippen LogP contribution is 2.27. The monoisotopic (exact) mass is 337 g/mol. The molecular formula is C13H15N5O6. The lowest BCUT2D eigenvalue weighted by Gasteiger charge is -2.15. The molecule has 2 aromatic rings. The zero-order valence-corrected chi connectivity index (χ0v) is 12.5. The van der Waals surface area contributed by atoms with E-state index in [-0.39, 0.29) is 24.0 Å². The van der Waals surface area contributed by atoms with Crippen molar-refractivity contribution in [2.75, 3.05) is 6.61 Å².